The maximum atomic E-state index is 12.5. The van der Waals surface area contributed by atoms with Crippen molar-refractivity contribution in [1.29, 1.82) is 0 Å². The van der Waals surface area contributed by atoms with Crippen LogP contribution in [0.25, 0.3) is 17.0 Å². The zero-order chi connectivity index (χ0) is 16.6. The Morgan fingerprint density at radius 2 is 1.86 bits per heavy atom. The normalized spacial score (nSPS) is 11.3. The molecule has 0 atom stereocenters. The van der Waals surface area contributed by atoms with Gasteiger partial charge in [0.2, 0.25) is 0 Å². The van der Waals surface area contributed by atoms with Gasteiger partial charge in [0.1, 0.15) is 17.1 Å². The van der Waals surface area contributed by atoms with Crippen molar-refractivity contribution >= 4 is 28.6 Å². The van der Waals surface area contributed by atoms with Crippen LogP contribution in [-0.4, -0.2) is 16.7 Å². The van der Waals surface area contributed by atoms with Crippen LogP contribution in [0.2, 0.25) is 0 Å². The maximum absolute atomic E-state index is 12.5. The first-order valence-corrected chi connectivity index (χ1v) is 6.77. The third kappa shape index (κ3) is 2.35. The van der Waals surface area contributed by atoms with Crippen molar-refractivity contribution in [3.63, 3.8) is 0 Å². The summed E-state index contributed by atoms with van der Waals surface area (Å²) in [7, 11) is 0. The molecule has 1 N–H and O–H groups in total. The summed E-state index contributed by atoms with van der Waals surface area (Å²) in [6.07, 6.45) is 3.31. The molecule has 22 heavy (non-hydrogen) atoms. The zero-order valence-electron chi connectivity index (χ0n) is 12.8. The summed E-state index contributed by atoms with van der Waals surface area (Å²) in [4.78, 5) is 36.0. The number of rotatable bonds is 3. The lowest BCUT2D eigenvalue weighted by molar-refractivity contribution is 0.101. The molecular weight excluding hydrogens is 284 g/mol. The van der Waals surface area contributed by atoms with Crippen LogP contribution in [0.5, 0.6) is 5.75 Å². The summed E-state index contributed by atoms with van der Waals surface area (Å²) in [5.41, 5.74) is -0.174. The molecule has 0 aliphatic heterocycles. The van der Waals surface area contributed by atoms with Gasteiger partial charge in [-0.2, -0.15) is 0 Å². The molecule has 0 unspecified atom stereocenters. The Kier molecular flexibility index (Phi) is 3.99. The largest absolute Gasteiger partial charge is 0.506 e. The number of phenols is 1. The van der Waals surface area contributed by atoms with E-state index in [4.69, 9.17) is 4.42 Å². The van der Waals surface area contributed by atoms with E-state index in [0.717, 1.165) is 0 Å². The van der Waals surface area contributed by atoms with Crippen molar-refractivity contribution in [3.05, 3.63) is 44.8 Å². The minimum atomic E-state index is -0.482. The number of carbonyl (C=O) groups is 2. The Labute approximate surface area is 126 Å². The lowest BCUT2D eigenvalue weighted by Crippen LogP contribution is -2.11. The number of aromatic hydroxyl groups is 1. The molecule has 0 spiro atoms. The van der Waals surface area contributed by atoms with Crippen LogP contribution in [0.4, 0.5) is 0 Å². The van der Waals surface area contributed by atoms with Crippen LogP contribution in [0.15, 0.2) is 21.4 Å². The van der Waals surface area contributed by atoms with E-state index in [1.807, 2.05) is 0 Å². The first-order chi connectivity index (χ1) is 10.3. The lowest BCUT2D eigenvalue weighted by atomic mass is 9.98. The van der Waals surface area contributed by atoms with Crippen molar-refractivity contribution in [3.8, 4) is 5.75 Å². The van der Waals surface area contributed by atoms with E-state index < -0.39 is 17.3 Å². The van der Waals surface area contributed by atoms with Crippen molar-refractivity contribution in [2.75, 3.05) is 0 Å². The zero-order valence-corrected chi connectivity index (χ0v) is 12.8. The molecule has 0 saturated heterocycles. The third-order valence-electron chi connectivity index (χ3n) is 3.47. The monoisotopic (exact) mass is 300 g/mol. The van der Waals surface area contributed by atoms with E-state index in [2.05, 4.69) is 0 Å². The number of carbonyl (C=O) groups excluding carboxylic acids is 2. The van der Waals surface area contributed by atoms with Gasteiger partial charge < -0.3 is 9.52 Å². The van der Waals surface area contributed by atoms with Crippen molar-refractivity contribution in [2.45, 2.75) is 27.7 Å². The molecule has 2 aromatic rings. The Balaban J connectivity index is 3.11. The lowest BCUT2D eigenvalue weighted by Gasteiger charge is -2.11. The van der Waals surface area contributed by atoms with Crippen LogP contribution in [0.1, 0.15) is 52.8 Å². The number of ketones is 2. The number of hydrogen-bond donors (Lipinski definition) is 1. The number of Topliss-reactive ketones (excluding diaryl/α,β-unsaturated/α-hetero) is 2. The van der Waals surface area contributed by atoms with Crippen molar-refractivity contribution in [1.82, 2.24) is 0 Å². The second kappa shape index (κ2) is 5.60. The summed E-state index contributed by atoms with van der Waals surface area (Å²) in [6.45, 7) is 5.88. The molecule has 2 rings (SSSR count). The minimum Gasteiger partial charge on any atom is -0.506 e. The third-order valence-corrected chi connectivity index (χ3v) is 3.47. The highest BCUT2D eigenvalue weighted by Crippen LogP contribution is 2.32. The van der Waals surface area contributed by atoms with Gasteiger partial charge in [-0.05, 0) is 39.8 Å². The molecule has 0 fully saturated rings. The molecule has 0 bridgehead atoms. The summed E-state index contributed by atoms with van der Waals surface area (Å²) in [6, 6.07) is 1.28. The average molecular weight is 300 g/mol. The molecule has 5 heteroatoms. The van der Waals surface area contributed by atoms with Gasteiger partial charge in [-0.15, -0.1) is 0 Å². The predicted octanol–water partition coefficient (Wildman–Crippen LogP) is 3.25. The van der Waals surface area contributed by atoms with Crippen LogP contribution in [0, 0.1) is 6.92 Å². The molecule has 0 aliphatic rings. The Morgan fingerprint density at radius 1 is 1.23 bits per heavy atom. The van der Waals surface area contributed by atoms with Gasteiger partial charge in [0.05, 0.1) is 10.9 Å². The second-order valence-corrected chi connectivity index (χ2v) is 5.06. The van der Waals surface area contributed by atoms with Gasteiger partial charge in [0, 0.05) is 5.56 Å². The Hall–Kier alpha value is -2.69. The SMILES string of the molecule is C/C=C/c1oc2c(C(C)=O)c(O)c(C(C)=O)cc2c(=O)c1C. The van der Waals surface area contributed by atoms with E-state index in [1.54, 1.807) is 26.0 Å². The van der Waals surface area contributed by atoms with Crippen LogP contribution in [0.3, 0.4) is 0 Å². The number of fused-ring (bicyclic) bond motifs is 1. The van der Waals surface area contributed by atoms with Crippen molar-refractivity contribution in [2.24, 2.45) is 0 Å². The molecule has 0 amide bonds. The fraction of sp³-hybridized carbons (Fsp3) is 0.235. The predicted molar refractivity (Wildman–Crippen MR) is 83.6 cm³/mol. The smallest absolute Gasteiger partial charge is 0.196 e. The fourth-order valence-corrected chi connectivity index (χ4v) is 2.34. The molecular formula is C17H16O5. The molecule has 0 aliphatic carbocycles. The van der Waals surface area contributed by atoms with E-state index in [-0.39, 0.29) is 27.5 Å². The van der Waals surface area contributed by atoms with E-state index >= 15 is 0 Å². The average Bonchev–Trinajstić information content (AvgIpc) is 2.43. The minimum absolute atomic E-state index is 0.00120. The van der Waals surface area contributed by atoms with Crippen LogP contribution >= 0.6 is 0 Å². The van der Waals surface area contributed by atoms with Gasteiger partial charge in [-0.1, -0.05) is 6.08 Å². The summed E-state index contributed by atoms with van der Waals surface area (Å²) >= 11 is 0. The quantitative estimate of drug-likeness (QED) is 0.879. The first-order valence-electron chi connectivity index (χ1n) is 6.77. The highest BCUT2D eigenvalue weighted by Gasteiger charge is 2.23. The van der Waals surface area contributed by atoms with Crippen LogP contribution in [-0.2, 0) is 0 Å². The van der Waals surface area contributed by atoms with Crippen LogP contribution < -0.4 is 5.43 Å². The molecule has 1 heterocycles. The summed E-state index contributed by atoms with van der Waals surface area (Å²) in [5, 5.41) is 10.3. The molecule has 5 nitrogen and oxygen atoms in total. The molecule has 1 aromatic heterocycles. The van der Waals surface area contributed by atoms with Gasteiger partial charge in [-0.25, -0.2) is 0 Å². The van der Waals surface area contributed by atoms with Crippen molar-refractivity contribution < 1.29 is 19.1 Å². The molecule has 1 aromatic carbocycles. The van der Waals surface area contributed by atoms with E-state index in [9.17, 15) is 19.5 Å². The number of phenolic OH excluding ortho intramolecular Hbond substituents is 1. The summed E-state index contributed by atoms with van der Waals surface area (Å²) < 4.78 is 5.64. The second-order valence-electron chi connectivity index (χ2n) is 5.06. The van der Waals surface area contributed by atoms with Gasteiger partial charge in [0.25, 0.3) is 0 Å². The highest BCUT2D eigenvalue weighted by molar-refractivity contribution is 6.12. The first kappa shape index (κ1) is 15.7. The van der Waals surface area contributed by atoms with Gasteiger partial charge in [-0.3, -0.25) is 14.4 Å². The summed E-state index contributed by atoms with van der Waals surface area (Å²) in [5.74, 6) is -1.05. The number of allylic oxidation sites excluding steroid dienone is 1. The Bertz CT molecular complexity index is 884. The Morgan fingerprint density at radius 3 is 2.36 bits per heavy atom. The molecule has 0 saturated carbocycles. The number of benzene rings is 1. The van der Waals surface area contributed by atoms with Gasteiger partial charge >= 0.3 is 0 Å². The molecule has 0 radical (unpaired) electrons. The fourth-order valence-electron chi connectivity index (χ4n) is 2.34. The number of hydrogen-bond acceptors (Lipinski definition) is 5. The van der Waals surface area contributed by atoms with Gasteiger partial charge in [0.15, 0.2) is 22.6 Å². The van der Waals surface area contributed by atoms with E-state index in [1.165, 1.54) is 19.9 Å². The molecule has 114 valence electrons. The maximum Gasteiger partial charge on any atom is 0.196 e. The highest BCUT2D eigenvalue weighted by atomic mass is 16.3. The standard InChI is InChI=1S/C17H16O5/c1-5-6-13-8(2)15(20)12-7-11(9(3)18)16(21)14(10(4)19)17(12)22-13/h5-7,21H,1-4H3/b6-5+. The topological polar surface area (TPSA) is 84.6 Å². The van der Waals surface area contributed by atoms with E-state index in [0.29, 0.717) is 11.3 Å².